The molecule has 1 aliphatic carbocycles. The number of nitrogens with two attached hydrogens (primary N) is 1. The first-order valence-electron chi connectivity index (χ1n) is 6.11. The first-order chi connectivity index (χ1) is 8.94. The Morgan fingerprint density at radius 3 is 2.79 bits per heavy atom. The lowest BCUT2D eigenvalue weighted by atomic mass is 10.1. The van der Waals surface area contributed by atoms with Gasteiger partial charge >= 0.3 is 0 Å². The van der Waals surface area contributed by atoms with Crippen LogP contribution in [0.2, 0.25) is 5.02 Å². The normalized spacial score (nSPS) is 23.7. The Balaban J connectivity index is 2.23. The Bertz CT molecular complexity index is 565. The van der Waals surface area contributed by atoms with Gasteiger partial charge in [0.2, 0.25) is 10.0 Å². The summed E-state index contributed by atoms with van der Waals surface area (Å²) < 4.78 is 40.0. The van der Waals surface area contributed by atoms with Crippen LogP contribution in [0.5, 0.6) is 0 Å². The van der Waals surface area contributed by atoms with Crippen molar-refractivity contribution < 1.29 is 12.8 Å². The van der Waals surface area contributed by atoms with Crippen LogP contribution < -0.4 is 10.5 Å². The van der Waals surface area contributed by atoms with Gasteiger partial charge in [-0.25, -0.2) is 17.5 Å². The minimum Gasteiger partial charge on any atom is -0.330 e. The molecule has 0 bridgehead atoms. The van der Waals surface area contributed by atoms with E-state index in [1.807, 2.05) is 0 Å². The molecular formula is C12H16ClFN2O2S. The van der Waals surface area contributed by atoms with E-state index in [1.54, 1.807) is 0 Å². The van der Waals surface area contributed by atoms with Crippen molar-refractivity contribution in [2.24, 2.45) is 11.7 Å². The van der Waals surface area contributed by atoms with Crippen molar-refractivity contribution >= 4 is 21.6 Å². The molecule has 4 nitrogen and oxygen atoms in total. The number of nitrogens with one attached hydrogen (secondary N) is 1. The first kappa shape index (κ1) is 14.7. The summed E-state index contributed by atoms with van der Waals surface area (Å²) in [5, 5.41) is -0.116. The third-order valence-electron chi connectivity index (χ3n) is 3.45. The minimum atomic E-state index is -3.74. The molecule has 0 aliphatic heterocycles. The van der Waals surface area contributed by atoms with Crippen molar-refractivity contribution in [3.8, 4) is 0 Å². The molecule has 7 heteroatoms. The van der Waals surface area contributed by atoms with E-state index in [4.69, 9.17) is 17.3 Å². The summed E-state index contributed by atoms with van der Waals surface area (Å²) in [7, 11) is -3.74. The van der Waals surface area contributed by atoms with E-state index in [2.05, 4.69) is 4.72 Å². The number of benzene rings is 1. The lowest BCUT2D eigenvalue weighted by Crippen LogP contribution is -2.39. The van der Waals surface area contributed by atoms with Crippen molar-refractivity contribution in [1.82, 2.24) is 4.72 Å². The van der Waals surface area contributed by atoms with Crippen LogP contribution in [0.4, 0.5) is 4.39 Å². The monoisotopic (exact) mass is 306 g/mol. The van der Waals surface area contributed by atoms with Crippen molar-refractivity contribution in [3.63, 3.8) is 0 Å². The molecule has 0 amide bonds. The molecule has 0 saturated heterocycles. The largest absolute Gasteiger partial charge is 0.330 e. The highest BCUT2D eigenvalue weighted by Crippen LogP contribution is 2.28. The number of sulfonamides is 1. The van der Waals surface area contributed by atoms with E-state index in [0.717, 1.165) is 31.4 Å². The molecular weight excluding hydrogens is 291 g/mol. The molecule has 1 saturated carbocycles. The predicted molar refractivity (Wildman–Crippen MR) is 71.9 cm³/mol. The van der Waals surface area contributed by atoms with Gasteiger partial charge in [-0.2, -0.15) is 0 Å². The minimum absolute atomic E-state index is 0.0989. The Kier molecular flexibility index (Phi) is 4.45. The molecule has 0 aromatic heterocycles. The molecule has 0 unspecified atom stereocenters. The standard InChI is InChI=1S/C12H16ClFN2O2S/c13-10-6-9(14)4-5-12(10)19(17,18)16-11-3-1-2-8(11)7-15/h4-6,8,11,16H,1-3,7,15H2/t8-,11-/m1/s1. The number of hydrogen-bond acceptors (Lipinski definition) is 3. The molecule has 1 aromatic carbocycles. The third kappa shape index (κ3) is 3.25. The Labute approximate surface area is 117 Å². The van der Waals surface area contributed by atoms with Crippen LogP contribution in [0, 0.1) is 11.7 Å². The molecule has 19 heavy (non-hydrogen) atoms. The highest BCUT2D eigenvalue weighted by molar-refractivity contribution is 7.89. The second-order valence-corrected chi connectivity index (χ2v) is 6.82. The van der Waals surface area contributed by atoms with Crippen molar-refractivity contribution in [1.29, 1.82) is 0 Å². The fraction of sp³-hybridized carbons (Fsp3) is 0.500. The zero-order valence-electron chi connectivity index (χ0n) is 10.3. The summed E-state index contributed by atoms with van der Waals surface area (Å²) in [6.45, 7) is 0.449. The molecule has 2 atom stereocenters. The topological polar surface area (TPSA) is 72.2 Å². The molecule has 0 spiro atoms. The summed E-state index contributed by atoms with van der Waals surface area (Å²) in [4.78, 5) is -0.0989. The average molecular weight is 307 g/mol. The lowest BCUT2D eigenvalue weighted by Gasteiger charge is -2.19. The van der Waals surface area contributed by atoms with Gasteiger partial charge in [0.25, 0.3) is 0 Å². The Morgan fingerprint density at radius 1 is 1.42 bits per heavy atom. The summed E-state index contributed by atoms with van der Waals surface area (Å²) in [5.74, 6) is -0.418. The Hall–Kier alpha value is -0.690. The quantitative estimate of drug-likeness (QED) is 0.892. The molecule has 0 heterocycles. The van der Waals surface area contributed by atoms with Crippen LogP contribution in [0.25, 0.3) is 0 Å². The highest BCUT2D eigenvalue weighted by Gasteiger charge is 2.31. The SMILES string of the molecule is NC[C@H]1CCC[C@H]1NS(=O)(=O)c1ccc(F)cc1Cl. The van der Waals surface area contributed by atoms with Crippen LogP contribution in [0.1, 0.15) is 19.3 Å². The van der Waals surface area contributed by atoms with E-state index in [0.29, 0.717) is 6.54 Å². The molecule has 2 rings (SSSR count). The average Bonchev–Trinajstić information content (AvgIpc) is 2.74. The molecule has 1 aliphatic rings. The van der Waals surface area contributed by atoms with Crippen molar-refractivity contribution in [3.05, 3.63) is 29.0 Å². The van der Waals surface area contributed by atoms with E-state index in [-0.39, 0.29) is 21.9 Å². The van der Waals surface area contributed by atoms with E-state index < -0.39 is 15.8 Å². The van der Waals surface area contributed by atoms with Gasteiger partial charge in [-0.1, -0.05) is 18.0 Å². The van der Waals surface area contributed by atoms with Gasteiger partial charge in [0.05, 0.1) is 5.02 Å². The smallest absolute Gasteiger partial charge is 0.242 e. The van der Waals surface area contributed by atoms with E-state index >= 15 is 0 Å². The second kappa shape index (κ2) is 5.75. The second-order valence-electron chi connectivity index (χ2n) is 4.73. The van der Waals surface area contributed by atoms with Gasteiger partial charge in [-0.15, -0.1) is 0 Å². The van der Waals surface area contributed by atoms with Gasteiger partial charge in [-0.05, 0) is 43.5 Å². The number of rotatable bonds is 4. The van der Waals surface area contributed by atoms with Gasteiger partial charge in [0.15, 0.2) is 0 Å². The summed E-state index contributed by atoms with van der Waals surface area (Å²) in [5.41, 5.74) is 5.62. The zero-order valence-corrected chi connectivity index (χ0v) is 11.8. The van der Waals surface area contributed by atoms with Gasteiger partial charge in [-0.3, -0.25) is 0 Å². The van der Waals surface area contributed by atoms with Gasteiger partial charge < -0.3 is 5.73 Å². The van der Waals surface area contributed by atoms with Crippen LogP contribution in [0.15, 0.2) is 23.1 Å². The van der Waals surface area contributed by atoms with E-state index in [9.17, 15) is 12.8 Å². The first-order valence-corrected chi connectivity index (χ1v) is 7.97. The van der Waals surface area contributed by atoms with Crippen LogP contribution >= 0.6 is 11.6 Å². The Morgan fingerprint density at radius 2 is 2.16 bits per heavy atom. The van der Waals surface area contributed by atoms with Crippen molar-refractivity contribution in [2.45, 2.75) is 30.2 Å². The maximum atomic E-state index is 12.9. The summed E-state index contributed by atoms with van der Waals surface area (Å²) >= 11 is 5.79. The third-order valence-corrected chi connectivity index (χ3v) is 5.42. The van der Waals surface area contributed by atoms with Crippen molar-refractivity contribution in [2.75, 3.05) is 6.54 Å². The van der Waals surface area contributed by atoms with Crippen LogP contribution in [0.3, 0.4) is 0 Å². The van der Waals surface area contributed by atoms with Gasteiger partial charge in [0.1, 0.15) is 10.7 Å². The lowest BCUT2D eigenvalue weighted by molar-refractivity contribution is 0.453. The molecule has 106 valence electrons. The number of halogens is 2. The molecule has 0 radical (unpaired) electrons. The molecule has 3 N–H and O–H groups in total. The van der Waals surface area contributed by atoms with Crippen LogP contribution in [-0.2, 0) is 10.0 Å². The maximum Gasteiger partial charge on any atom is 0.242 e. The highest BCUT2D eigenvalue weighted by atomic mass is 35.5. The summed E-state index contributed by atoms with van der Waals surface area (Å²) in [6, 6.07) is 3.07. The molecule has 1 fully saturated rings. The maximum absolute atomic E-state index is 12.9. The van der Waals surface area contributed by atoms with E-state index in [1.165, 1.54) is 6.07 Å². The summed E-state index contributed by atoms with van der Waals surface area (Å²) in [6.07, 6.45) is 2.63. The fourth-order valence-corrected chi connectivity index (χ4v) is 4.30. The van der Waals surface area contributed by atoms with Gasteiger partial charge in [0, 0.05) is 6.04 Å². The number of hydrogen-bond donors (Lipinski definition) is 2. The molecule has 1 aromatic rings. The predicted octanol–water partition coefficient (Wildman–Crippen LogP) is 1.88. The zero-order chi connectivity index (χ0) is 14.0. The fourth-order valence-electron chi connectivity index (χ4n) is 2.43. The van der Waals surface area contributed by atoms with Crippen LogP contribution in [-0.4, -0.2) is 21.0 Å².